The first-order valence-electron chi connectivity index (χ1n) is 8.76. The van der Waals surface area contributed by atoms with Crippen LogP contribution in [0.1, 0.15) is 61.3 Å². The first kappa shape index (κ1) is 21.1. The standard InChI is InChI=1S/C19H34O4Si/c1-13-14(11-17(21)22-18(2,3)4)10-15(12-16(13)20)23-24(8,9)19(5,6)7/h11,13,15H,10,12H2,1-9H3/b14-11+/t13?,15-/m1/s1. The van der Waals surface area contributed by atoms with Crippen molar-refractivity contribution in [3.05, 3.63) is 11.6 Å². The fourth-order valence-electron chi connectivity index (χ4n) is 2.46. The van der Waals surface area contributed by atoms with Gasteiger partial charge in [-0.15, -0.1) is 0 Å². The molecule has 2 atom stereocenters. The smallest absolute Gasteiger partial charge is 0.331 e. The van der Waals surface area contributed by atoms with Gasteiger partial charge in [-0.1, -0.05) is 33.3 Å². The first-order chi connectivity index (χ1) is 10.6. The van der Waals surface area contributed by atoms with Crippen LogP contribution in [0.4, 0.5) is 0 Å². The lowest BCUT2D eigenvalue weighted by Gasteiger charge is -2.41. The lowest BCUT2D eigenvalue weighted by atomic mass is 9.82. The molecular weight excluding hydrogens is 320 g/mol. The molecule has 0 N–H and O–H groups in total. The lowest BCUT2D eigenvalue weighted by Crippen LogP contribution is -2.46. The first-order valence-corrected chi connectivity index (χ1v) is 11.7. The maximum atomic E-state index is 12.4. The van der Waals surface area contributed by atoms with E-state index in [1.807, 2.05) is 27.7 Å². The summed E-state index contributed by atoms with van der Waals surface area (Å²) in [5.74, 6) is -0.485. The molecule has 4 nitrogen and oxygen atoms in total. The van der Waals surface area contributed by atoms with Crippen molar-refractivity contribution < 1.29 is 18.8 Å². The normalized spacial score (nSPS) is 25.0. The number of carbonyl (C=O) groups is 2. The summed E-state index contributed by atoms with van der Waals surface area (Å²) in [6.07, 6.45) is 2.41. The highest BCUT2D eigenvalue weighted by Crippen LogP contribution is 2.40. The Morgan fingerprint density at radius 1 is 1.12 bits per heavy atom. The monoisotopic (exact) mass is 354 g/mol. The Labute approximate surface area is 148 Å². The van der Waals surface area contributed by atoms with Crippen molar-refractivity contribution >= 4 is 20.1 Å². The van der Waals surface area contributed by atoms with E-state index in [2.05, 4.69) is 33.9 Å². The molecule has 0 heterocycles. The Bertz CT molecular complexity index is 520. The zero-order valence-corrected chi connectivity index (χ0v) is 17.8. The van der Waals surface area contributed by atoms with Gasteiger partial charge in [0.05, 0.1) is 6.10 Å². The maximum absolute atomic E-state index is 12.4. The van der Waals surface area contributed by atoms with Gasteiger partial charge in [0.25, 0.3) is 0 Å². The number of hydrogen-bond acceptors (Lipinski definition) is 4. The van der Waals surface area contributed by atoms with Gasteiger partial charge in [-0.2, -0.15) is 0 Å². The van der Waals surface area contributed by atoms with Crippen molar-refractivity contribution in [3.8, 4) is 0 Å². The summed E-state index contributed by atoms with van der Waals surface area (Å²) in [7, 11) is -1.95. The molecule has 0 aromatic carbocycles. The molecule has 138 valence electrons. The summed E-state index contributed by atoms with van der Waals surface area (Å²) in [5.41, 5.74) is 0.289. The third-order valence-corrected chi connectivity index (χ3v) is 9.44. The second kappa shape index (κ2) is 7.12. The molecule has 1 aliphatic carbocycles. The largest absolute Gasteiger partial charge is 0.457 e. The van der Waals surface area contributed by atoms with Gasteiger partial charge in [-0.05, 0) is 45.3 Å². The van der Waals surface area contributed by atoms with Crippen LogP contribution in [0.2, 0.25) is 18.1 Å². The zero-order chi connectivity index (χ0) is 18.9. The second-order valence-corrected chi connectivity index (χ2v) is 14.1. The number of hydrogen-bond donors (Lipinski definition) is 0. The number of ether oxygens (including phenoxy) is 1. The molecule has 0 bridgehead atoms. The van der Waals surface area contributed by atoms with Crippen LogP contribution in [0, 0.1) is 5.92 Å². The summed E-state index contributed by atoms with van der Waals surface area (Å²) in [6.45, 7) is 18.3. The van der Waals surface area contributed by atoms with Crippen LogP contribution in [0.3, 0.4) is 0 Å². The SMILES string of the molecule is CC1C(=O)C[C@H](O[Si](C)(C)C(C)(C)C)C/C1=C\C(=O)OC(C)(C)C. The van der Waals surface area contributed by atoms with Crippen molar-refractivity contribution in [2.45, 2.75) is 91.1 Å². The van der Waals surface area contributed by atoms with Gasteiger partial charge in [0.2, 0.25) is 0 Å². The van der Waals surface area contributed by atoms with E-state index in [9.17, 15) is 9.59 Å². The number of Topliss-reactive ketones (excluding diaryl/α,β-unsaturated/α-hetero) is 1. The van der Waals surface area contributed by atoms with Crippen LogP contribution in [0.15, 0.2) is 11.6 Å². The van der Waals surface area contributed by atoms with Crippen LogP contribution >= 0.6 is 0 Å². The van der Waals surface area contributed by atoms with Gasteiger partial charge >= 0.3 is 5.97 Å². The van der Waals surface area contributed by atoms with Gasteiger partial charge < -0.3 is 9.16 Å². The van der Waals surface area contributed by atoms with Gasteiger partial charge in [0.15, 0.2) is 8.32 Å². The van der Waals surface area contributed by atoms with Crippen LogP contribution in [-0.2, 0) is 18.8 Å². The van der Waals surface area contributed by atoms with E-state index >= 15 is 0 Å². The highest BCUT2D eigenvalue weighted by molar-refractivity contribution is 6.74. The van der Waals surface area contributed by atoms with Crippen molar-refractivity contribution in [2.24, 2.45) is 5.92 Å². The van der Waals surface area contributed by atoms with Crippen molar-refractivity contribution in [2.75, 3.05) is 0 Å². The van der Waals surface area contributed by atoms with Crippen LogP contribution in [0.5, 0.6) is 0 Å². The quantitative estimate of drug-likeness (QED) is 0.421. The Morgan fingerprint density at radius 3 is 2.12 bits per heavy atom. The van der Waals surface area contributed by atoms with Gasteiger partial charge in [0.1, 0.15) is 11.4 Å². The Kier molecular flexibility index (Phi) is 6.26. The van der Waals surface area contributed by atoms with Crippen LogP contribution in [-0.4, -0.2) is 31.8 Å². The molecule has 0 aromatic heterocycles. The molecule has 0 spiro atoms. The Morgan fingerprint density at radius 2 is 1.67 bits per heavy atom. The molecule has 0 saturated heterocycles. The Hall–Kier alpha value is -0.943. The summed E-state index contributed by atoms with van der Waals surface area (Å²) in [6, 6.07) is 0. The molecule has 0 amide bonds. The topological polar surface area (TPSA) is 52.6 Å². The molecule has 0 aliphatic heterocycles. The van der Waals surface area contributed by atoms with Crippen molar-refractivity contribution in [1.82, 2.24) is 0 Å². The minimum absolute atomic E-state index is 0.0914. The third-order valence-electron chi connectivity index (χ3n) is 4.91. The number of ketones is 1. The maximum Gasteiger partial charge on any atom is 0.331 e. The highest BCUT2D eigenvalue weighted by Gasteiger charge is 2.41. The number of carbonyl (C=O) groups excluding carboxylic acids is 2. The number of rotatable bonds is 3. The number of esters is 1. The van der Waals surface area contributed by atoms with Crippen LogP contribution in [0.25, 0.3) is 0 Å². The lowest BCUT2D eigenvalue weighted by molar-refractivity contribution is -0.148. The van der Waals surface area contributed by atoms with E-state index in [-0.39, 0.29) is 28.8 Å². The summed E-state index contributed by atoms with van der Waals surface area (Å²) < 4.78 is 11.8. The zero-order valence-electron chi connectivity index (χ0n) is 16.8. The predicted octanol–water partition coefficient (Wildman–Crippen LogP) is 4.64. The molecule has 1 unspecified atom stereocenters. The average Bonchev–Trinajstić information content (AvgIpc) is 2.30. The second-order valence-electron chi connectivity index (χ2n) is 9.35. The van der Waals surface area contributed by atoms with Gasteiger partial charge in [-0.3, -0.25) is 4.79 Å². The Balaban J connectivity index is 2.92. The van der Waals surface area contributed by atoms with Crippen LogP contribution < -0.4 is 0 Å². The fraction of sp³-hybridized carbons (Fsp3) is 0.789. The minimum Gasteiger partial charge on any atom is -0.457 e. The van der Waals surface area contributed by atoms with Crippen molar-refractivity contribution in [1.29, 1.82) is 0 Å². The van der Waals surface area contributed by atoms with Crippen molar-refractivity contribution in [3.63, 3.8) is 0 Å². The minimum atomic E-state index is -1.95. The molecule has 24 heavy (non-hydrogen) atoms. The average molecular weight is 355 g/mol. The van der Waals surface area contributed by atoms with E-state index in [0.29, 0.717) is 12.8 Å². The third kappa shape index (κ3) is 5.85. The summed E-state index contributed by atoms with van der Waals surface area (Å²) in [4.78, 5) is 24.4. The van der Waals surface area contributed by atoms with E-state index in [4.69, 9.17) is 9.16 Å². The molecule has 0 aromatic rings. The fourth-order valence-corrected chi connectivity index (χ4v) is 3.82. The summed E-state index contributed by atoms with van der Waals surface area (Å²) in [5, 5.41) is 0.0914. The molecule has 1 rings (SSSR count). The molecule has 5 heteroatoms. The molecule has 0 radical (unpaired) electrons. The van der Waals surface area contributed by atoms with E-state index in [1.54, 1.807) is 0 Å². The molecular formula is C19H34O4Si. The summed E-state index contributed by atoms with van der Waals surface area (Å²) >= 11 is 0. The van der Waals surface area contributed by atoms with E-state index in [0.717, 1.165) is 5.57 Å². The molecule has 1 fully saturated rings. The predicted molar refractivity (Wildman–Crippen MR) is 99.4 cm³/mol. The highest BCUT2D eigenvalue weighted by atomic mass is 28.4. The molecule has 1 aliphatic rings. The molecule has 1 saturated carbocycles. The van der Waals surface area contributed by atoms with E-state index < -0.39 is 13.9 Å². The van der Waals surface area contributed by atoms with Gasteiger partial charge in [-0.25, -0.2) is 4.79 Å². The van der Waals surface area contributed by atoms with E-state index in [1.165, 1.54) is 6.08 Å². The van der Waals surface area contributed by atoms with Gasteiger partial charge in [0, 0.05) is 18.4 Å².